The molecule has 1 fully saturated rings. The lowest BCUT2D eigenvalue weighted by atomic mass is 10.1. The van der Waals surface area contributed by atoms with Gasteiger partial charge in [-0.15, -0.1) is 11.3 Å². The second-order valence-corrected chi connectivity index (χ2v) is 9.29. The van der Waals surface area contributed by atoms with Gasteiger partial charge in [-0.05, 0) is 42.4 Å². The normalized spacial score (nSPS) is 15.0. The van der Waals surface area contributed by atoms with E-state index in [9.17, 15) is 0 Å². The Kier molecular flexibility index (Phi) is 7.63. The van der Waals surface area contributed by atoms with E-state index < -0.39 is 0 Å². The minimum Gasteiger partial charge on any atom is -0.497 e. The largest absolute Gasteiger partial charge is 0.497 e. The summed E-state index contributed by atoms with van der Waals surface area (Å²) < 4.78 is 10.8. The van der Waals surface area contributed by atoms with Gasteiger partial charge >= 0.3 is 0 Å². The summed E-state index contributed by atoms with van der Waals surface area (Å²) in [7, 11) is 5.60. The Labute approximate surface area is 194 Å². The molecule has 1 aliphatic heterocycles. The van der Waals surface area contributed by atoms with Gasteiger partial charge in [0.25, 0.3) is 0 Å². The van der Waals surface area contributed by atoms with E-state index in [1.54, 1.807) is 25.6 Å². The maximum atomic E-state index is 5.42. The van der Waals surface area contributed by atoms with Gasteiger partial charge in [-0.25, -0.2) is 4.98 Å². The molecule has 1 aliphatic rings. The van der Waals surface area contributed by atoms with E-state index >= 15 is 0 Å². The fraction of sp³-hybridized carbons (Fsp3) is 0.400. The third-order valence-electron chi connectivity index (χ3n) is 5.82. The zero-order valence-corrected chi connectivity index (χ0v) is 20.0. The van der Waals surface area contributed by atoms with Crippen LogP contribution in [0.15, 0.2) is 48.5 Å². The molecule has 0 unspecified atom stereocenters. The third-order valence-corrected chi connectivity index (χ3v) is 6.88. The Bertz CT molecular complexity index is 1010. The summed E-state index contributed by atoms with van der Waals surface area (Å²) in [4.78, 5) is 11.2. The first-order valence-electron chi connectivity index (χ1n) is 11.0. The molecule has 32 heavy (non-hydrogen) atoms. The summed E-state index contributed by atoms with van der Waals surface area (Å²) >= 11 is 1.75. The Hall–Kier alpha value is -2.61. The minimum absolute atomic E-state index is 0.720. The molecule has 4 rings (SSSR count). The SMILES string of the molecule is COc1cccc(CNc2nc(CN3CCN(C)CC3)c(Cc3cccc(OC)c3)s2)c1. The Morgan fingerprint density at radius 3 is 2.28 bits per heavy atom. The summed E-state index contributed by atoms with van der Waals surface area (Å²) in [5.74, 6) is 1.77. The number of methoxy groups -OCH3 is 2. The lowest BCUT2D eigenvalue weighted by Gasteiger charge is -2.32. The van der Waals surface area contributed by atoms with Crippen LogP contribution in [0.1, 0.15) is 21.7 Å². The lowest BCUT2D eigenvalue weighted by Crippen LogP contribution is -2.44. The summed E-state index contributed by atoms with van der Waals surface area (Å²) in [5.41, 5.74) is 3.59. The van der Waals surface area contributed by atoms with Crippen molar-refractivity contribution in [2.24, 2.45) is 0 Å². The van der Waals surface area contributed by atoms with Gasteiger partial charge in [0.2, 0.25) is 0 Å². The van der Waals surface area contributed by atoms with Crippen LogP contribution in [-0.4, -0.2) is 62.2 Å². The number of thiazole rings is 1. The molecule has 2 heterocycles. The van der Waals surface area contributed by atoms with E-state index in [1.165, 1.54) is 21.7 Å². The van der Waals surface area contributed by atoms with Crippen LogP contribution < -0.4 is 14.8 Å². The van der Waals surface area contributed by atoms with Crippen LogP contribution in [-0.2, 0) is 19.5 Å². The van der Waals surface area contributed by atoms with E-state index in [-0.39, 0.29) is 0 Å². The fourth-order valence-electron chi connectivity index (χ4n) is 3.87. The summed E-state index contributed by atoms with van der Waals surface area (Å²) in [6.07, 6.45) is 0.860. The van der Waals surface area contributed by atoms with E-state index in [0.717, 1.165) is 62.3 Å². The maximum Gasteiger partial charge on any atom is 0.183 e. The van der Waals surface area contributed by atoms with E-state index in [4.69, 9.17) is 14.5 Å². The first-order valence-corrected chi connectivity index (χ1v) is 11.8. The molecule has 0 amide bonds. The van der Waals surface area contributed by atoms with Crippen molar-refractivity contribution in [1.29, 1.82) is 0 Å². The third kappa shape index (κ3) is 6.00. The molecule has 0 saturated carbocycles. The predicted octanol–water partition coefficient (Wildman–Crippen LogP) is 4.11. The predicted molar refractivity (Wildman–Crippen MR) is 131 cm³/mol. The molecule has 3 aromatic rings. The number of nitrogens with one attached hydrogen (secondary N) is 1. The van der Waals surface area contributed by atoms with Gasteiger partial charge in [-0.1, -0.05) is 24.3 Å². The van der Waals surface area contributed by atoms with Crippen LogP contribution in [0.4, 0.5) is 5.13 Å². The molecule has 0 atom stereocenters. The van der Waals surface area contributed by atoms with Gasteiger partial charge in [0.05, 0.1) is 19.9 Å². The minimum atomic E-state index is 0.720. The van der Waals surface area contributed by atoms with Gasteiger partial charge in [-0.2, -0.15) is 0 Å². The molecule has 1 saturated heterocycles. The van der Waals surface area contributed by atoms with E-state index in [1.807, 2.05) is 18.2 Å². The zero-order valence-electron chi connectivity index (χ0n) is 19.1. The smallest absolute Gasteiger partial charge is 0.183 e. The number of rotatable bonds is 9. The molecule has 1 aromatic heterocycles. The number of likely N-dealkylation sites (N-methyl/N-ethyl adjacent to an activating group) is 1. The topological polar surface area (TPSA) is 49.9 Å². The van der Waals surface area contributed by atoms with Crippen LogP contribution in [0.25, 0.3) is 0 Å². The van der Waals surface area contributed by atoms with Crippen molar-refractivity contribution in [2.75, 3.05) is 52.8 Å². The average molecular weight is 453 g/mol. The molecular weight excluding hydrogens is 420 g/mol. The lowest BCUT2D eigenvalue weighted by molar-refractivity contribution is 0.147. The molecule has 7 heteroatoms. The highest BCUT2D eigenvalue weighted by molar-refractivity contribution is 7.15. The van der Waals surface area contributed by atoms with Crippen LogP contribution >= 0.6 is 11.3 Å². The van der Waals surface area contributed by atoms with Crippen molar-refractivity contribution in [3.63, 3.8) is 0 Å². The molecule has 0 aliphatic carbocycles. The number of hydrogen-bond donors (Lipinski definition) is 1. The molecule has 170 valence electrons. The number of benzene rings is 2. The van der Waals surface area contributed by atoms with Crippen LogP contribution in [0.2, 0.25) is 0 Å². The Balaban J connectivity index is 1.51. The van der Waals surface area contributed by atoms with Crippen molar-refractivity contribution in [2.45, 2.75) is 19.5 Å². The average Bonchev–Trinajstić information content (AvgIpc) is 3.20. The first kappa shape index (κ1) is 22.6. The second kappa shape index (κ2) is 10.8. The van der Waals surface area contributed by atoms with Crippen LogP contribution in [0.5, 0.6) is 11.5 Å². The number of anilines is 1. The quantitative estimate of drug-likeness (QED) is 0.527. The van der Waals surface area contributed by atoms with Gasteiger partial charge in [0, 0.05) is 50.6 Å². The second-order valence-electron chi connectivity index (χ2n) is 8.20. The standard InChI is InChI=1S/C25H32N4O2S/c1-28-10-12-29(13-11-28)18-23-24(16-19-6-4-8-21(14-19)30-2)32-25(27-23)26-17-20-7-5-9-22(15-20)31-3/h4-9,14-15H,10-13,16-18H2,1-3H3,(H,26,27). The van der Waals surface area contributed by atoms with Crippen molar-refractivity contribution < 1.29 is 9.47 Å². The van der Waals surface area contributed by atoms with Crippen molar-refractivity contribution in [1.82, 2.24) is 14.8 Å². The Morgan fingerprint density at radius 2 is 1.59 bits per heavy atom. The van der Waals surface area contributed by atoms with Crippen molar-refractivity contribution in [3.05, 3.63) is 70.2 Å². The van der Waals surface area contributed by atoms with Crippen LogP contribution in [0, 0.1) is 0 Å². The highest BCUT2D eigenvalue weighted by Crippen LogP contribution is 2.29. The molecule has 0 radical (unpaired) electrons. The number of piperazine rings is 1. The first-order chi connectivity index (χ1) is 15.6. The van der Waals surface area contributed by atoms with E-state index in [0.29, 0.717) is 0 Å². The van der Waals surface area contributed by atoms with Gasteiger partial charge in [0.15, 0.2) is 5.13 Å². The molecule has 1 N–H and O–H groups in total. The summed E-state index contributed by atoms with van der Waals surface area (Å²) in [6, 6.07) is 16.5. The molecule has 6 nitrogen and oxygen atoms in total. The number of ether oxygens (including phenoxy) is 2. The van der Waals surface area contributed by atoms with Crippen molar-refractivity contribution in [3.8, 4) is 11.5 Å². The summed E-state index contributed by atoms with van der Waals surface area (Å²) in [5, 5.41) is 4.49. The van der Waals surface area contributed by atoms with Crippen molar-refractivity contribution >= 4 is 16.5 Å². The fourth-order valence-corrected chi connectivity index (χ4v) is 4.87. The Morgan fingerprint density at radius 1 is 0.938 bits per heavy atom. The summed E-state index contributed by atoms with van der Waals surface area (Å²) in [6.45, 7) is 5.99. The van der Waals surface area contributed by atoms with Gasteiger partial charge < -0.3 is 19.7 Å². The number of hydrogen-bond acceptors (Lipinski definition) is 7. The highest BCUT2D eigenvalue weighted by atomic mass is 32.1. The maximum absolute atomic E-state index is 5.42. The highest BCUT2D eigenvalue weighted by Gasteiger charge is 2.19. The molecule has 2 aromatic carbocycles. The molecule has 0 spiro atoms. The number of nitrogens with zero attached hydrogens (tertiary/aromatic N) is 3. The molecular formula is C25H32N4O2S. The number of aromatic nitrogens is 1. The van der Waals surface area contributed by atoms with Gasteiger partial charge in [0.1, 0.15) is 11.5 Å². The van der Waals surface area contributed by atoms with Gasteiger partial charge in [-0.3, -0.25) is 4.90 Å². The zero-order chi connectivity index (χ0) is 22.3. The monoisotopic (exact) mass is 452 g/mol. The molecule has 0 bridgehead atoms. The van der Waals surface area contributed by atoms with E-state index in [2.05, 4.69) is 52.5 Å². The van der Waals surface area contributed by atoms with Crippen LogP contribution in [0.3, 0.4) is 0 Å².